The molecule has 0 unspecified atom stereocenters. The van der Waals surface area contributed by atoms with E-state index in [0.29, 0.717) is 30.8 Å². The fourth-order valence-electron chi connectivity index (χ4n) is 1.62. The van der Waals surface area contributed by atoms with Gasteiger partial charge in [0.15, 0.2) is 5.82 Å². The van der Waals surface area contributed by atoms with Crippen molar-refractivity contribution in [1.82, 2.24) is 10.2 Å². The molecule has 0 aliphatic carbocycles. The molecule has 1 aromatic heterocycles. The highest BCUT2D eigenvalue weighted by atomic mass is 16.3. The Kier molecular flexibility index (Phi) is 4.62. The Bertz CT molecular complexity index is 461. The lowest BCUT2D eigenvalue weighted by molar-refractivity contribution is 0.0456. The van der Waals surface area contributed by atoms with Gasteiger partial charge in [0.1, 0.15) is 11.6 Å². The first-order chi connectivity index (χ1) is 8.47. The summed E-state index contributed by atoms with van der Waals surface area (Å²) >= 11 is 0. The number of anilines is 1. The summed E-state index contributed by atoms with van der Waals surface area (Å²) in [5, 5.41) is 30.3. The maximum absolute atomic E-state index is 10.2. The summed E-state index contributed by atoms with van der Waals surface area (Å²) < 4.78 is 0. The van der Waals surface area contributed by atoms with Crippen molar-refractivity contribution in [2.45, 2.75) is 46.1 Å². The van der Waals surface area contributed by atoms with Gasteiger partial charge in [0.25, 0.3) is 0 Å². The van der Waals surface area contributed by atoms with Crippen LogP contribution in [-0.2, 0) is 0 Å². The van der Waals surface area contributed by atoms with Gasteiger partial charge in [-0.2, -0.15) is 10.4 Å². The molecule has 0 aliphatic heterocycles. The van der Waals surface area contributed by atoms with Gasteiger partial charge in [0.2, 0.25) is 0 Å². The molecule has 2 N–H and O–H groups in total. The maximum atomic E-state index is 10.2. The lowest BCUT2D eigenvalue weighted by Crippen LogP contribution is -2.35. The molecule has 1 heterocycles. The first-order valence-corrected chi connectivity index (χ1v) is 6.17. The molecule has 0 bridgehead atoms. The Balaban J connectivity index is 2.93. The molecule has 0 aliphatic rings. The monoisotopic (exact) mass is 248 g/mol. The summed E-state index contributed by atoms with van der Waals surface area (Å²) in [4.78, 5) is 0. The Morgan fingerprint density at radius 3 is 2.39 bits per heavy atom. The molecule has 0 aromatic carbocycles. The van der Waals surface area contributed by atoms with Crippen LogP contribution in [-0.4, -0.2) is 27.4 Å². The number of nitrogens with zero attached hydrogens (tertiary/aromatic N) is 3. The lowest BCUT2D eigenvalue weighted by atomic mass is 9.97. The van der Waals surface area contributed by atoms with E-state index in [9.17, 15) is 5.11 Å². The molecule has 0 saturated carbocycles. The summed E-state index contributed by atoms with van der Waals surface area (Å²) in [6.07, 6.45) is 1.30. The van der Waals surface area contributed by atoms with Crippen LogP contribution in [0.25, 0.3) is 0 Å². The molecule has 0 atom stereocenters. The van der Waals surface area contributed by atoms with Gasteiger partial charge in [-0.05, 0) is 32.3 Å². The number of nitriles is 1. The van der Waals surface area contributed by atoms with Crippen molar-refractivity contribution in [3.05, 3.63) is 16.8 Å². The van der Waals surface area contributed by atoms with E-state index in [1.54, 1.807) is 0 Å². The van der Waals surface area contributed by atoms with E-state index in [1.165, 1.54) is 0 Å². The van der Waals surface area contributed by atoms with Crippen LogP contribution in [0.3, 0.4) is 0 Å². The van der Waals surface area contributed by atoms with Crippen LogP contribution in [0.4, 0.5) is 5.82 Å². The van der Waals surface area contributed by atoms with Crippen molar-refractivity contribution in [3.8, 4) is 6.07 Å². The van der Waals surface area contributed by atoms with Gasteiger partial charge in [-0.15, -0.1) is 5.10 Å². The molecule has 18 heavy (non-hydrogen) atoms. The van der Waals surface area contributed by atoms with Crippen molar-refractivity contribution in [1.29, 1.82) is 5.26 Å². The second-order valence-corrected chi connectivity index (χ2v) is 4.53. The maximum Gasteiger partial charge on any atom is 0.167 e. The van der Waals surface area contributed by atoms with Crippen LogP contribution < -0.4 is 5.32 Å². The van der Waals surface area contributed by atoms with Gasteiger partial charge in [-0.3, -0.25) is 0 Å². The topological polar surface area (TPSA) is 81.8 Å². The first kappa shape index (κ1) is 14.4. The van der Waals surface area contributed by atoms with Crippen LogP contribution in [0.2, 0.25) is 0 Å². The molecule has 0 saturated heterocycles. The Morgan fingerprint density at radius 1 is 1.28 bits per heavy atom. The molecule has 0 amide bonds. The predicted octanol–water partition coefficient (Wildman–Crippen LogP) is 1.93. The SMILES string of the molecule is CCC(O)(CC)CNc1nnc(C)c(C)c1C#N. The molecule has 0 spiro atoms. The third kappa shape index (κ3) is 2.96. The minimum Gasteiger partial charge on any atom is -0.388 e. The molecule has 5 heteroatoms. The molecule has 1 rings (SSSR count). The summed E-state index contributed by atoms with van der Waals surface area (Å²) in [7, 11) is 0. The van der Waals surface area contributed by atoms with E-state index >= 15 is 0 Å². The minimum atomic E-state index is -0.771. The fourth-order valence-corrected chi connectivity index (χ4v) is 1.62. The third-order valence-corrected chi connectivity index (χ3v) is 3.47. The standard InChI is InChI=1S/C13H20N4O/c1-5-13(18,6-2)8-15-12-11(7-14)9(3)10(4)16-17-12/h18H,5-6,8H2,1-4H3,(H,15,17). The van der Waals surface area contributed by atoms with Crippen molar-refractivity contribution in [2.75, 3.05) is 11.9 Å². The number of aromatic nitrogens is 2. The van der Waals surface area contributed by atoms with Crippen molar-refractivity contribution >= 4 is 5.82 Å². The summed E-state index contributed by atoms with van der Waals surface area (Å²) in [6, 6.07) is 2.13. The number of aliphatic hydroxyl groups is 1. The Hall–Kier alpha value is -1.67. The molecule has 0 radical (unpaired) electrons. The van der Waals surface area contributed by atoms with Crippen LogP contribution in [0.1, 0.15) is 43.5 Å². The zero-order valence-corrected chi connectivity index (χ0v) is 11.4. The zero-order chi connectivity index (χ0) is 13.8. The third-order valence-electron chi connectivity index (χ3n) is 3.47. The zero-order valence-electron chi connectivity index (χ0n) is 11.4. The first-order valence-electron chi connectivity index (χ1n) is 6.17. The predicted molar refractivity (Wildman–Crippen MR) is 70.2 cm³/mol. The largest absolute Gasteiger partial charge is 0.388 e. The second-order valence-electron chi connectivity index (χ2n) is 4.53. The van der Waals surface area contributed by atoms with Crippen LogP contribution >= 0.6 is 0 Å². The second kappa shape index (κ2) is 5.78. The van der Waals surface area contributed by atoms with Gasteiger partial charge in [0, 0.05) is 6.54 Å². The number of rotatable bonds is 5. The highest BCUT2D eigenvalue weighted by molar-refractivity contribution is 5.55. The van der Waals surface area contributed by atoms with Gasteiger partial charge in [0.05, 0.1) is 11.3 Å². The van der Waals surface area contributed by atoms with E-state index < -0.39 is 5.60 Å². The highest BCUT2D eigenvalue weighted by Gasteiger charge is 2.23. The number of nitrogens with one attached hydrogen (secondary N) is 1. The average Bonchev–Trinajstić information content (AvgIpc) is 2.39. The molecule has 98 valence electrons. The van der Waals surface area contributed by atoms with E-state index in [2.05, 4.69) is 21.6 Å². The highest BCUT2D eigenvalue weighted by Crippen LogP contribution is 2.20. The Morgan fingerprint density at radius 2 is 1.89 bits per heavy atom. The summed E-state index contributed by atoms with van der Waals surface area (Å²) in [5.74, 6) is 0.445. The van der Waals surface area contributed by atoms with Crippen molar-refractivity contribution in [2.24, 2.45) is 0 Å². The van der Waals surface area contributed by atoms with Crippen molar-refractivity contribution < 1.29 is 5.11 Å². The normalized spacial score (nSPS) is 11.1. The molecule has 5 nitrogen and oxygen atoms in total. The van der Waals surface area contributed by atoms with Crippen LogP contribution in [0.15, 0.2) is 0 Å². The van der Waals surface area contributed by atoms with Gasteiger partial charge >= 0.3 is 0 Å². The van der Waals surface area contributed by atoms with Crippen LogP contribution in [0.5, 0.6) is 0 Å². The van der Waals surface area contributed by atoms with E-state index in [-0.39, 0.29) is 0 Å². The van der Waals surface area contributed by atoms with E-state index in [1.807, 2.05) is 27.7 Å². The Labute approximate surface area is 108 Å². The number of hydrogen-bond acceptors (Lipinski definition) is 5. The summed E-state index contributed by atoms with van der Waals surface area (Å²) in [5.41, 5.74) is 1.30. The van der Waals surface area contributed by atoms with Crippen LogP contribution in [0, 0.1) is 25.2 Å². The van der Waals surface area contributed by atoms with Gasteiger partial charge in [-0.1, -0.05) is 13.8 Å². The molecule has 0 fully saturated rings. The number of hydrogen-bond donors (Lipinski definition) is 2. The molecular weight excluding hydrogens is 228 g/mol. The van der Waals surface area contributed by atoms with E-state index in [4.69, 9.17) is 5.26 Å². The average molecular weight is 248 g/mol. The van der Waals surface area contributed by atoms with E-state index in [0.717, 1.165) is 11.3 Å². The fraction of sp³-hybridized carbons (Fsp3) is 0.615. The number of aryl methyl sites for hydroxylation is 1. The minimum absolute atomic E-state index is 0.367. The van der Waals surface area contributed by atoms with Crippen molar-refractivity contribution in [3.63, 3.8) is 0 Å². The molecule has 1 aromatic rings. The smallest absolute Gasteiger partial charge is 0.167 e. The molecular formula is C13H20N4O. The van der Waals surface area contributed by atoms with Gasteiger partial charge in [-0.25, -0.2) is 0 Å². The van der Waals surface area contributed by atoms with Gasteiger partial charge < -0.3 is 10.4 Å². The quantitative estimate of drug-likeness (QED) is 0.832. The lowest BCUT2D eigenvalue weighted by Gasteiger charge is -2.25. The summed E-state index contributed by atoms with van der Waals surface area (Å²) in [6.45, 7) is 7.90.